The Morgan fingerprint density at radius 2 is 1.90 bits per heavy atom. The lowest BCUT2D eigenvalue weighted by Crippen LogP contribution is -2.50. The highest BCUT2D eigenvalue weighted by Gasteiger charge is 2.19. The predicted molar refractivity (Wildman–Crippen MR) is 120 cm³/mol. The summed E-state index contributed by atoms with van der Waals surface area (Å²) in [6, 6.07) is 15.3. The fraction of sp³-hybridized carbons (Fsp3) is 0.273. The first-order chi connectivity index (χ1) is 14.0. The molecule has 1 aromatic heterocycles. The molecule has 3 aromatic rings. The van der Waals surface area contributed by atoms with E-state index in [2.05, 4.69) is 27.2 Å². The number of fused-ring (bicyclic) bond motifs is 1. The van der Waals surface area contributed by atoms with E-state index < -0.39 is 0 Å². The highest BCUT2D eigenvalue weighted by Crippen LogP contribution is 2.23. The minimum absolute atomic E-state index is 0.344. The first kappa shape index (κ1) is 19.3. The maximum Gasteiger partial charge on any atom is 0.336 e. The molecule has 150 valence electrons. The van der Waals surface area contributed by atoms with Crippen LogP contribution >= 0.6 is 12.2 Å². The van der Waals surface area contributed by atoms with E-state index in [0.717, 1.165) is 54.3 Å². The van der Waals surface area contributed by atoms with Gasteiger partial charge < -0.3 is 24.3 Å². The molecule has 29 heavy (non-hydrogen) atoms. The van der Waals surface area contributed by atoms with Crippen LogP contribution in [0.15, 0.2) is 57.7 Å². The van der Waals surface area contributed by atoms with E-state index in [4.69, 9.17) is 21.4 Å². The fourth-order valence-electron chi connectivity index (χ4n) is 3.58. The van der Waals surface area contributed by atoms with Gasteiger partial charge in [0, 0.05) is 61.1 Å². The lowest BCUT2D eigenvalue weighted by Gasteiger charge is -2.37. The van der Waals surface area contributed by atoms with Gasteiger partial charge in [0.25, 0.3) is 0 Å². The summed E-state index contributed by atoms with van der Waals surface area (Å²) in [5.41, 5.74) is 3.09. The molecule has 2 aromatic carbocycles. The average Bonchev–Trinajstić information content (AvgIpc) is 2.73. The second-order valence-electron chi connectivity index (χ2n) is 7.07. The Morgan fingerprint density at radius 1 is 1.10 bits per heavy atom. The molecule has 1 aliphatic heterocycles. The normalized spacial score (nSPS) is 14.1. The van der Waals surface area contributed by atoms with Crippen LogP contribution < -0.4 is 20.6 Å². The van der Waals surface area contributed by atoms with Gasteiger partial charge in [-0.05, 0) is 49.0 Å². The quantitative estimate of drug-likeness (QED) is 0.524. The highest BCUT2D eigenvalue weighted by molar-refractivity contribution is 7.80. The van der Waals surface area contributed by atoms with Crippen molar-refractivity contribution in [1.82, 2.24) is 4.90 Å². The zero-order chi connectivity index (χ0) is 20.4. The van der Waals surface area contributed by atoms with E-state index in [-0.39, 0.29) is 5.63 Å². The number of nitrogens with one attached hydrogen (secondary N) is 1. The van der Waals surface area contributed by atoms with E-state index in [1.54, 1.807) is 7.11 Å². The largest absolute Gasteiger partial charge is 0.497 e. The van der Waals surface area contributed by atoms with E-state index in [1.807, 2.05) is 37.3 Å². The van der Waals surface area contributed by atoms with Crippen molar-refractivity contribution in [1.29, 1.82) is 0 Å². The summed E-state index contributed by atoms with van der Waals surface area (Å²) in [6.45, 7) is 5.30. The maximum absolute atomic E-state index is 11.6. The zero-order valence-electron chi connectivity index (χ0n) is 16.5. The van der Waals surface area contributed by atoms with E-state index in [9.17, 15) is 4.79 Å². The summed E-state index contributed by atoms with van der Waals surface area (Å²) in [5.74, 6) is 0.861. The number of thiocarbonyl (C=S) groups is 1. The van der Waals surface area contributed by atoms with Gasteiger partial charge in [-0.3, -0.25) is 0 Å². The first-order valence-electron chi connectivity index (χ1n) is 9.53. The predicted octanol–water partition coefficient (Wildman–Crippen LogP) is 3.63. The number of hydrogen-bond donors (Lipinski definition) is 1. The highest BCUT2D eigenvalue weighted by atomic mass is 32.1. The third kappa shape index (κ3) is 4.19. The molecule has 1 aliphatic rings. The number of piperazine rings is 1. The number of benzene rings is 2. The van der Waals surface area contributed by atoms with Crippen molar-refractivity contribution in [3.8, 4) is 5.75 Å². The summed E-state index contributed by atoms with van der Waals surface area (Å²) in [7, 11) is 1.68. The molecule has 2 heterocycles. The SMILES string of the molecule is COc1cccc(N2CCN(C(=S)Nc3ccc4c(C)cc(=O)oc4c3)CC2)c1. The minimum atomic E-state index is -0.344. The Morgan fingerprint density at radius 3 is 2.66 bits per heavy atom. The number of aryl methyl sites for hydroxylation is 1. The number of nitrogens with zero attached hydrogens (tertiary/aromatic N) is 2. The van der Waals surface area contributed by atoms with Gasteiger partial charge in [0.1, 0.15) is 11.3 Å². The molecule has 4 rings (SSSR count). The molecular weight excluding hydrogens is 386 g/mol. The summed E-state index contributed by atoms with van der Waals surface area (Å²) < 4.78 is 10.6. The smallest absolute Gasteiger partial charge is 0.336 e. The van der Waals surface area contributed by atoms with Crippen LogP contribution in [-0.2, 0) is 0 Å². The Hall–Kier alpha value is -3.06. The van der Waals surface area contributed by atoms with Crippen molar-refractivity contribution in [2.75, 3.05) is 43.5 Å². The molecule has 6 nitrogen and oxygen atoms in total. The molecule has 7 heteroatoms. The van der Waals surface area contributed by atoms with Crippen LogP contribution in [0.3, 0.4) is 0 Å². The van der Waals surface area contributed by atoms with Crippen molar-refractivity contribution in [2.24, 2.45) is 0 Å². The van der Waals surface area contributed by atoms with Crippen LogP contribution in [0.2, 0.25) is 0 Å². The molecule has 0 amide bonds. The second-order valence-corrected chi connectivity index (χ2v) is 7.45. The molecular formula is C22H23N3O3S. The summed E-state index contributed by atoms with van der Waals surface area (Å²) >= 11 is 5.61. The van der Waals surface area contributed by atoms with Gasteiger partial charge in [-0.1, -0.05) is 6.07 Å². The maximum atomic E-state index is 11.6. The van der Waals surface area contributed by atoms with Crippen molar-refractivity contribution < 1.29 is 9.15 Å². The number of anilines is 2. The van der Waals surface area contributed by atoms with Gasteiger partial charge in [0.05, 0.1) is 7.11 Å². The molecule has 0 atom stereocenters. The van der Waals surface area contributed by atoms with E-state index >= 15 is 0 Å². The van der Waals surface area contributed by atoms with Crippen molar-refractivity contribution in [2.45, 2.75) is 6.92 Å². The molecule has 0 aliphatic carbocycles. The standard InChI is InChI=1S/C22H23N3O3S/c1-15-12-21(26)28-20-13-16(6-7-19(15)20)23-22(29)25-10-8-24(9-11-25)17-4-3-5-18(14-17)27-2/h3-7,12-14H,8-11H2,1-2H3,(H,23,29). The van der Waals surface area contributed by atoms with Crippen molar-refractivity contribution >= 4 is 39.7 Å². The van der Waals surface area contributed by atoms with Crippen molar-refractivity contribution in [3.63, 3.8) is 0 Å². The summed E-state index contributed by atoms with van der Waals surface area (Å²) in [5, 5.41) is 4.87. The molecule has 1 saturated heterocycles. The van der Waals surface area contributed by atoms with Gasteiger partial charge in [-0.25, -0.2) is 4.79 Å². The van der Waals surface area contributed by atoms with E-state index in [0.29, 0.717) is 10.7 Å². The summed E-state index contributed by atoms with van der Waals surface area (Å²) in [6.07, 6.45) is 0. The van der Waals surface area contributed by atoms with Crippen LogP contribution in [0, 0.1) is 6.92 Å². The Labute approximate surface area is 174 Å². The monoisotopic (exact) mass is 409 g/mol. The molecule has 0 saturated carbocycles. The van der Waals surface area contributed by atoms with Gasteiger partial charge in [-0.15, -0.1) is 0 Å². The first-order valence-corrected chi connectivity index (χ1v) is 9.94. The Bertz CT molecular complexity index is 1100. The van der Waals surface area contributed by atoms with Crippen molar-refractivity contribution in [3.05, 3.63) is 64.5 Å². The summed E-state index contributed by atoms with van der Waals surface area (Å²) in [4.78, 5) is 16.1. The third-order valence-corrected chi connectivity index (χ3v) is 5.55. The molecule has 0 radical (unpaired) electrons. The number of rotatable bonds is 3. The van der Waals surface area contributed by atoms with Crippen LogP contribution in [0.1, 0.15) is 5.56 Å². The number of hydrogen-bond acceptors (Lipinski definition) is 5. The second kappa shape index (κ2) is 8.13. The van der Waals surface area contributed by atoms with Gasteiger partial charge in [-0.2, -0.15) is 0 Å². The Balaban J connectivity index is 1.41. The van der Waals surface area contributed by atoms with Crippen LogP contribution in [0.4, 0.5) is 11.4 Å². The molecule has 0 spiro atoms. The van der Waals surface area contributed by atoms with Gasteiger partial charge >= 0.3 is 5.63 Å². The zero-order valence-corrected chi connectivity index (χ0v) is 17.3. The van der Waals surface area contributed by atoms with Crippen LogP contribution in [-0.4, -0.2) is 43.3 Å². The lowest BCUT2D eigenvalue weighted by atomic mass is 10.1. The van der Waals surface area contributed by atoms with Crippen LogP contribution in [0.25, 0.3) is 11.0 Å². The van der Waals surface area contributed by atoms with Crippen LogP contribution in [0.5, 0.6) is 5.75 Å². The third-order valence-electron chi connectivity index (χ3n) is 5.19. The average molecular weight is 410 g/mol. The Kier molecular flexibility index (Phi) is 5.40. The topological polar surface area (TPSA) is 58.0 Å². The molecule has 1 fully saturated rings. The van der Waals surface area contributed by atoms with Gasteiger partial charge in [0.2, 0.25) is 0 Å². The van der Waals surface area contributed by atoms with E-state index in [1.165, 1.54) is 6.07 Å². The minimum Gasteiger partial charge on any atom is -0.497 e. The molecule has 0 unspecified atom stereocenters. The molecule has 0 bridgehead atoms. The number of methoxy groups -OCH3 is 1. The molecule has 1 N–H and O–H groups in total. The van der Waals surface area contributed by atoms with Gasteiger partial charge in [0.15, 0.2) is 5.11 Å². The number of ether oxygens (including phenoxy) is 1. The fourth-order valence-corrected chi connectivity index (χ4v) is 3.88. The lowest BCUT2D eigenvalue weighted by molar-refractivity contribution is 0.389.